The monoisotopic (exact) mass is 191 g/mol. The third kappa shape index (κ3) is 1.69. The molecule has 1 aromatic heterocycles. The molecular weight excluding hydrogens is 178 g/mol. The molecule has 0 spiro atoms. The van der Waals surface area contributed by atoms with Crippen LogP contribution in [0.1, 0.15) is 20.8 Å². The van der Waals surface area contributed by atoms with Gasteiger partial charge in [-0.2, -0.15) is 0 Å². The molecule has 0 saturated heterocycles. The average molecular weight is 191 g/mol. The van der Waals surface area contributed by atoms with Gasteiger partial charge >= 0.3 is 0 Å². The molecule has 1 heterocycles. The van der Waals surface area contributed by atoms with E-state index in [-0.39, 0.29) is 5.60 Å². The molecule has 0 amide bonds. The number of fused-ring (bicyclic) bond motifs is 1. The first kappa shape index (κ1) is 8.99. The Kier molecular flexibility index (Phi) is 1.91. The van der Waals surface area contributed by atoms with E-state index in [1.165, 1.54) is 4.85 Å². The van der Waals surface area contributed by atoms with Crippen molar-refractivity contribution in [2.45, 2.75) is 26.4 Å². The fourth-order valence-corrected chi connectivity index (χ4v) is 1.17. The minimum Gasteiger partial charge on any atom is -0.389 e. The fraction of sp³-hybridized carbons (Fsp3) is 0.400. The fourth-order valence-electron chi connectivity index (χ4n) is 1.17. The van der Waals surface area contributed by atoms with Crippen molar-refractivity contribution >= 4 is 11.0 Å². The van der Waals surface area contributed by atoms with Crippen molar-refractivity contribution in [3.05, 3.63) is 24.3 Å². The van der Waals surface area contributed by atoms with E-state index in [1.807, 2.05) is 45.0 Å². The quantitative estimate of drug-likeness (QED) is 0.688. The average Bonchev–Trinajstić information content (AvgIpc) is 2.47. The Morgan fingerprint density at radius 2 is 1.93 bits per heavy atom. The molecule has 0 radical (unpaired) electrons. The lowest BCUT2D eigenvalue weighted by Gasteiger charge is -2.19. The van der Waals surface area contributed by atoms with Gasteiger partial charge in [-0.05, 0) is 38.1 Å². The maximum Gasteiger partial charge on any atom is 0.130 e. The number of hydrogen-bond acceptors (Lipinski definition) is 3. The summed E-state index contributed by atoms with van der Waals surface area (Å²) in [5, 5.41) is 7.92. The molecule has 0 bridgehead atoms. The van der Waals surface area contributed by atoms with Gasteiger partial charge in [-0.25, -0.2) is 0 Å². The highest BCUT2D eigenvalue weighted by atomic mass is 16.7. The van der Waals surface area contributed by atoms with Gasteiger partial charge < -0.3 is 4.84 Å². The van der Waals surface area contributed by atoms with Crippen LogP contribution in [-0.2, 0) is 0 Å². The number of nitrogens with zero attached hydrogens (tertiary/aromatic N) is 3. The van der Waals surface area contributed by atoms with E-state index in [9.17, 15) is 0 Å². The SMILES string of the molecule is CC(C)(C)On1nnc2ccccc21. The van der Waals surface area contributed by atoms with E-state index in [4.69, 9.17) is 4.84 Å². The number of aromatic nitrogens is 3. The van der Waals surface area contributed by atoms with Crippen molar-refractivity contribution < 1.29 is 4.84 Å². The Hall–Kier alpha value is -1.58. The smallest absolute Gasteiger partial charge is 0.130 e. The molecule has 14 heavy (non-hydrogen) atoms. The number of rotatable bonds is 1. The Bertz CT molecular complexity index is 442. The van der Waals surface area contributed by atoms with Crippen molar-refractivity contribution in [1.29, 1.82) is 0 Å². The largest absolute Gasteiger partial charge is 0.389 e. The summed E-state index contributed by atoms with van der Waals surface area (Å²) in [6.45, 7) is 5.93. The molecule has 0 fully saturated rings. The number of benzene rings is 1. The van der Waals surface area contributed by atoms with Crippen LogP contribution >= 0.6 is 0 Å². The highest BCUT2D eigenvalue weighted by Crippen LogP contribution is 2.11. The minimum atomic E-state index is -0.267. The van der Waals surface area contributed by atoms with E-state index in [0.717, 1.165) is 11.0 Å². The van der Waals surface area contributed by atoms with Gasteiger partial charge in [0.2, 0.25) is 0 Å². The van der Waals surface area contributed by atoms with Crippen molar-refractivity contribution in [3.63, 3.8) is 0 Å². The van der Waals surface area contributed by atoms with Crippen LogP contribution in [0.4, 0.5) is 0 Å². The number of para-hydroxylation sites is 1. The summed E-state index contributed by atoms with van der Waals surface area (Å²) in [6, 6.07) is 7.71. The van der Waals surface area contributed by atoms with Gasteiger partial charge in [0.15, 0.2) is 0 Å². The van der Waals surface area contributed by atoms with Crippen LogP contribution in [0.15, 0.2) is 24.3 Å². The summed E-state index contributed by atoms with van der Waals surface area (Å²) in [7, 11) is 0. The standard InChI is InChI=1S/C10H13N3O/c1-10(2,3)14-13-9-7-5-4-6-8(9)11-12-13/h4-7H,1-3H3. The van der Waals surface area contributed by atoms with Gasteiger partial charge in [-0.3, -0.25) is 0 Å². The number of hydrogen-bond donors (Lipinski definition) is 0. The summed E-state index contributed by atoms with van der Waals surface area (Å²) < 4.78 is 0. The van der Waals surface area contributed by atoms with E-state index >= 15 is 0 Å². The first-order chi connectivity index (χ1) is 6.56. The summed E-state index contributed by atoms with van der Waals surface area (Å²) in [6.07, 6.45) is 0. The molecule has 1 aromatic carbocycles. The molecule has 74 valence electrons. The van der Waals surface area contributed by atoms with E-state index in [0.29, 0.717) is 0 Å². The predicted molar refractivity (Wildman–Crippen MR) is 53.9 cm³/mol. The zero-order valence-electron chi connectivity index (χ0n) is 8.56. The van der Waals surface area contributed by atoms with Gasteiger partial charge in [0.25, 0.3) is 0 Å². The van der Waals surface area contributed by atoms with Crippen LogP contribution in [0.25, 0.3) is 11.0 Å². The second kappa shape index (κ2) is 2.97. The van der Waals surface area contributed by atoms with Crippen LogP contribution in [0.3, 0.4) is 0 Å². The first-order valence-corrected chi connectivity index (χ1v) is 4.56. The molecule has 0 aliphatic heterocycles. The summed E-state index contributed by atoms with van der Waals surface area (Å²) in [5.74, 6) is 0. The van der Waals surface area contributed by atoms with Gasteiger partial charge in [-0.15, -0.1) is 5.10 Å². The Morgan fingerprint density at radius 3 is 2.64 bits per heavy atom. The van der Waals surface area contributed by atoms with Crippen LogP contribution in [0.5, 0.6) is 0 Å². The Morgan fingerprint density at radius 1 is 1.21 bits per heavy atom. The highest BCUT2D eigenvalue weighted by Gasteiger charge is 2.14. The topological polar surface area (TPSA) is 39.9 Å². The lowest BCUT2D eigenvalue weighted by molar-refractivity contribution is -0.0295. The molecule has 0 atom stereocenters. The van der Waals surface area contributed by atoms with E-state index < -0.39 is 0 Å². The van der Waals surface area contributed by atoms with Gasteiger partial charge in [0, 0.05) is 0 Å². The van der Waals surface area contributed by atoms with Crippen LogP contribution in [0.2, 0.25) is 0 Å². The molecule has 2 rings (SSSR count). The molecule has 4 heteroatoms. The summed E-state index contributed by atoms with van der Waals surface area (Å²) in [4.78, 5) is 7.07. The normalized spacial score (nSPS) is 11.9. The molecule has 4 nitrogen and oxygen atoms in total. The van der Waals surface area contributed by atoms with Crippen molar-refractivity contribution in [3.8, 4) is 0 Å². The molecule has 2 aromatic rings. The molecule has 0 unspecified atom stereocenters. The van der Waals surface area contributed by atoms with E-state index in [1.54, 1.807) is 0 Å². The van der Waals surface area contributed by atoms with Crippen LogP contribution in [-0.4, -0.2) is 20.8 Å². The van der Waals surface area contributed by atoms with Crippen molar-refractivity contribution in [2.75, 3.05) is 0 Å². The molecule has 0 aliphatic carbocycles. The van der Waals surface area contributed by atoms with Gasteiger partial charge in [-0.1, -0.05) is 17.0 Å². The van der Waals surface area contributed by atoms with Crippen molar-refractivity contribution in [1.82, 2.24) is 15.2 Å². The second-order valence-electron chi connectivity index (χ2n) is 4.15. The summed E-state index contributed by atoms with van der Waals surface area (Å²) >= 11 is 0. The van der Waals surface area contributed by atoms with Crippen LogP contribution < -0.4 is 4.84 Å². The Labute approximate surface area is 82.4 Å². The van der Waals surface area contributed by atoms with Crippen molar-refractivity contribution in [2.24, 2.45) is 0 Å². The lowest BCUT2D eigenvalue weighted by atomic mass is 10.2. The van der Waals surface area contributed by atoms with Gasteiger partial charge in [0.1, 0.15) is 16.6 Å². The second-order valence-corrected chi connectivity index (χ2v) is 4.15. The third-order valence-electron chi connectivity index (χ3n) is 1.68. The highest BCUT2D eigenvalue weighted by molar-refractivity contribution is 5.73. The van der Waals surface area contributed by atoms with Gasteiger partial charge in [0.05, 0.1) is 0 Å². The first-order valence-electron chi connectivity index (χ1n) is 4.56. The lowest BCUT2D eigenvalue weighted by Crippen LogP contribution is -2.31. The molecule has 0 saturated carbocycles. The molecular formula is C10H13N3O. The minimum absolute atomic E-state index is 0.267. The zero-order chi connectivity index (χ0) is 10.2. The summed E-state index contributed by atoms with van der Waals surface area (Å²) in [5.41, 5.74) is 1.47. The molecule has 0 N–H and O–H groups in total. The zero-order valence-corrected chi connectivity index (χ0v) is 8.56. The Balaban J connectivity index is 2.44. The van der Waals surface area contributed by atoms with Crippen LogP contribution in [0, 0.1) is 0 Å². The molecule has 0 aliphatic rings. The maximum atomic E-state index is 5.60. The third-order valence-corrected chi connectivity index (χ3v) is 1.68. The van der Waals surface area contributed by atoms with E-state index in [2.05, 4.69) is 10.3 Å². The maximum absolute atomic E-state index is 5.60. The predicted octanol–water partition coefficient (Wildman–Crippen LogP) is 1.66.